The van der Waals surface area contributed by atoms with Crippen LogP contribution in [0.25, 0.3) is 15.4 Å². The molecule has 2 aromatic heterocycles. The molecular weight excluding hydrogens is 837 g/mol. The summed E-state index contributed by atoms with van der Waals surface area (Å²) in [7, 11) is 1.44. The predicted octanol–water partition coefficient (Wildman–Crippen LogP) is 1.53. The van der Waals surface area contributed by atoms with E-state index >= 15 is 0 Å². The second-order valence-corrected chi connectivity index (χ2v) is 13.8. The summed E-state index contributed by atoms with van der Waals surface area (Å²) in [6.07, 6.45) is 3.57. The van der Waals surface area contributed by atoms with Crippen LogP contribution in [0.1, 0.15) is 53.0 Å². The number of hydrogen-bond donors (Lipinski definition) is 6. The molecule has 0 aliphatic carbocycles. The van der Waals surface area contributed by atoms with E-state index in [4.69, 9.17) is 39.1 Å². The number of carbonyl (C=O) groups is 6. The van der Waals surface area contributed by atoms with Crippen molar-refractivity contribution < 1.29 is 62.3 Å². The highest BCUT2D eigenvalue weighted by Crippen LogP contribution is 2.23. The Morgan fingerprint density at radius 3 is 2.16 bits per heavy atom. The lowest BCUT2D eigenvalue weighted by Gasteiger charge is -2.18. The van der Waals surface area contributed by atoms with E-state index < -0.39 is 35.6 Å². The third-order valence-corrected chi connectivity index (χ3v) is 9.07. The van der Waals surface area contributed by atoms with Crippen LogP contribution < -0.4 is 31.3 Å². The maximum atomic E-state index is 12.9. The number of nitrogens with one attached hydrogen (secondary N) is 5. The molecule has 6 N–H and O–H groups in total. The zero-order valence-corrected chi connectivity index (χ0v) is 35.3. The molecule has 0 bridgehead atoms. The van der Waals surface area contributed by atoms with E-state index in [2.05, 4.69) is 41.6 Å². The first kappa shape index (κ1) is 50.5. The van der Waals surface area contributed by atoms with E-state index in [1.807, 2.05) is 5.38 Å². The standard InChI is InChI=1S/C38H54N10O13S/c1-56-31-6-4-27(44-37(55)30-26-48-13-24-62-38(48)46-30)25-28(31)35(53)41-9-2-3-32(49)40-10-15-58-18-20-60-22-23-61-21-19-59-16-11-42-36(54)29(5-7-34(51)52)45-33(50)8-14-57-17-12-43-47-39/h4,6,13,24-26,29H,2-3,5,7-12,14-23H2,1H3,(H,40,49)(H,41,53)(H,42,54)(H,44,55)(H,45,50)(H,51,52)/t29-/m1/s1. The number of hydrogen-bond acceptors (Lipinski definition) is 15. The maximum absolute atomic E-state index is 12.9. The van der Waals surface area contributed by atoms with Gasteiger partial charge in [0.2, 0.25) is 17.7 Å². The van der Waals surface area contributed by atoms with Crippen LogP contribution in [-0.4, -0.2) is 155 Å². The predicted molar refractivity (Wildman–Crippen MR) is 223 cm³/mol. The van der Waals surface area contributed by atoms with Crippen molar-refractivity contribution >= 4 is 57.5 Å². The normalized spacial score (nSPS) is 11.3. The van der Waals surface area contributed by atoms with Gasteiger partial charge >= 0.3 is 5.97 Å². The average Bonchev–Trinajstić information content (AvgIpc) is 3.88. The zero-order chi connectivity index (χ0) is 44.8. The molecule has 340 valence electrons. The Balaban J connectivity index is 1.13. The van der Waals surface area contributed by atoms with Crippen LogP contribution in [0.15, 0.2) is 41.1 Å². The van der Waals surface area contributed by atoms with Gasteiger partial charge in [0.25, 0.3) is 11.8 Å². The second kappa shape index (κ2) is 30.2. The Morgan fingerprint density at radius 2 is 1.50 bits per heavy atom. The van der Waals surface area contributed by atoms with Crippen molar-refractivity contribution in [2.45, 2.75) is 38.1 Å². The van der Waals surface area contributed by atoms with E-state index in [0.29, 0.717) is 69.0 Å². The maximum Gasteiger partial charge on any atom is 0.303 e. The third kappa shape index (κ3) is 20.6. The number of carboxylic acids is 1. The van der Waals surface area contributed by atoms with E-state index in [0.717, 1.165) is 0 Å². The monoisotopic (exact) mass is 890 g/mol. The molecule has 2 heterocycles. The smallest absolute Gasteiger partial charge is 0.303 e. The Kier molecular flexibility index (Phi) is 24.6. The van der Waals surface area contributed by atoms with Gasteiger partial charge in [0, 0.05) is 73.8 Å². The van der Waals surface area contributed by atoms with E-state index in [1.54, 1.807) is 28.9 Å². The summed E-state index contributed by atoms with van der Waals surface area (Å²) in [6, 6.07) is 3.69. The van der Waals surface area contributed by atoms with Gasteiger partial charge in [0.1, 0.15) is 17.5 Å². The molecule has 1 aromatic carbocycles. The number of ether oxygens (including phenoxy) is 6. The molecule has 1 atom stereocenters. The minimum Gasteiger partial charge on any atom is -0.496 e. The minimum absolute atomic E-state index is 0.0460. The molecule has 3 aromatic rings. The number of aliphatic carboxylic acids is 1. The number of imidazole rings is 1. The van der Waals surface area contributed by atoms with Crippen molar-refractivity contribution in [3.8, 4) is 5.75 Å². The van der Waals surface area contributed by atoms with Crippen LogP contribution >= 0.6 is 11.3 Å². The Morgan fingerprint density at radius 1 is 0.823 bits per heavy atom. The Hall–Kier alpha value is -5.88. The molecule has 5 amide bonds. The summed E-state index contributed by atoms with van der Waals surface area (Å²) in [5.74, 6) is -2.81. The molecule has 0 aliphatic rings. The lowest BCUT2D eigenvalue weighted by Crippen LogP contribution is -2.47. The van der Waals surface area contributed by atoms with Gasteiger partial charge in [-0.2, -0.15) is 0 Å². The summed E-state index contributed by atoms with van der Waals surface area (Å²) in [4.78, 5) is 81.1. The number of amides is 5. The molecular formula is C38H54N10O13S. The fourth-order valence-electron chi connectivity index (χ4n) is 5.24. The van der Waals surface area contributed by atoms with Gasteiger partial charge in [-0.3, -0.25) is 33.2 Å². The number of azide groups is 1. The van der Waals surface area contributed by atoms with E-state index in [1.165, 1.54) is 24.5 Å². The van der Waals surface area contributed by atoms with Gasteiger partial charge in [-0.15, -0.1) is 11.3 Å². The van der Waals surface area contributed by atoms with Crippen LogP contribution in [0.5, 0.6) is 5.75 Å². The van der Waals surface area contributed by atoms with Crippen molar-refractivity contribution in [1.82, 2.24) is 30.7 Å². The molecule has 0 unspecified atom stereocenters. The third-order valence-electron chi connectivity index (χ3n) is 8.30. The largest absolute Gasteiger partial charge is 0.496 e. The van der Waals surface area contributed by atoms with Gasteiger partial charge in [0.15, 0.2) is 4.96 Å². The minimum atomic E-state index is -1.10. The van der Waals surface area contributed by atoms with Crippen molar-refractivity contribution in [3.05, 3.63) is 57.7 Å². The summed E-state index contributed by atoms with van der Waals surface area (Å²) in [6.45, 7) is 3.33. The van der Waals surface area contributed by atoms with Gasteiger partial charge in [-0.25, -0.2) is 4.98 Å². The number of rotatable bonds is 34. The number of aromatic nitrogens is 2. The summed E-state index contributed by atoms with van der Waals surface area (Å²) in [5.41, 5.74) is 9.11. The van der Waals surface area contributed by atoms with Crippen molar-refractivity contribution in [2.75, 3.05) is 105 Å². The van der Waals surface area contributed by atoms with Crippen LogP contribution in [0.2, 0.25) is 0 Å². The number of benzene rings is 1. The van der Waals surface area contributed by atoms with Crippen LogP contribution in [0.4, 0.5) is 5.69 Å². The van der Waals surface area contributed by atoms with Crippen LogP contribution in [0.3, 0.4) is 0 Å². The molecule has 23 nitrogen and oxygen atoms in total. The quantitative estimate of drug-likeness (QED) is 0.0215. The first-order valence-electron chi connectivity index (χ1n) is 19.8. The summed E-state index contributed by atoms with van der Waals surface area (Å²) >= 11 is 1.41. The second-order valence-electron chi connectivity index (χ2n) is 12.9. The number of fused-ring (bicyclic) bond motifs is 1. The molecule has 0 fully saturated rings. The molecule has 62 heavy (non-hydrogen) atoms. The van der Waals surface area contributed by atoms with Gasteiger partial charge < -0.3 is 60.1 Å². The highest BCUT2D eigenvalue weighted by Gasteiger charge is 2.22. The van der Waals surface area contributed by atoms with Crippen molar-refractivity contribution in [3.63, 3.8) is 0 Å². The Labute approximate surface area is 361 Å². The molecule has 0 spiro atoms. The summed E-state index contributed by atoms with van der Waals surface area (Å²) < 4.78 is 34.1. The first-order chi connectivity index (χ1) is 30.1. The van der Waals surface area contributed by atoms with Gasteiger partial charge in [0.05, 0.1) is 78.7 Å². The van der Waals surface area contributed by atoms with Gasteiger partial charge in [-0.1, -0.05) is 5.11 Å². The molecule has 24 heteroatoms. The fraction of sp³-hybridized carbons (Fsp3) is 0.553. The topological polar surface area (TPSA) is 304 Å². The highest BCUT2D eigenvalue weighted by molar-refractivity contribution is 7.15. The molecule has 0 saturated carbocycles. The molecule has 0 radical (unpaired) electrons. The van der Waals surface area contributed by atoms with E-state index in [9.17, 15) is 28.8 Å². The number of thiazole rings is 1. The summed E-state index contributed by atoms with van der Waals surface area (Å²) in [5, 5.41) is 27.6. The fourth-order valence-corrected chi connectivity index (χ4v) is 5.94. The number of carboxylic acid groups (broad SMARTS) is 1. The highest BCUT2D eigenvalue weighted by atomic mass is 32.1. The van der Waals surface area contributed by atoms with Crippen molar-refractivity contribution in [1.29, 1.82) is 0 Å². The number of anilines is 1. The number of carbonyl (C=O) groups excluding carboxylic acids is 5. The lowest BCUT2D eigenvalue weighted by atomic mass is 10.1. The molecule has 0 saturated heterocycles. The molecule has 0 aliphatic heterocycles. The van der Waals surface area contributed by atoms with Crippen LogP contribution in [0, 0.1) is 0 Å². The Bertz CT molecular complexity index is 1890. The zero-order valence-electron chi connectivity index (χ0n) is 34.5. The van der Waals surface area contributed by atoms with Gasteiger partial charge in [-0.05, 0) is 36.6 Å². The number of nitrogens with zero attached hydrogens (tertiary/aromatic N) is 5. The lowest BCUT2D eigenvalue weighted by molar-refractivity contribution is -0.138. The van der Waals surface area contributed by atoms with E-state index in [-0.39, 0.29) is 88.9 Å². The number of methoxy groups -OCH3 is 1. The SMILES string of the molecule is COc1ccc(NC(=O)c2cn3ccsc3n2)cc1C(=O)NCCCC(=O)NCCOCCOCCOCCOCCNC(=O)[C@@H](CCC(=O)O)NC(=O)CCOCCN=[N+]=[N-]. The molecule has 3 rings (SSSR count). The van der Waals surface area contributed by atoms with Crippen molar-refractivity contribution in [2.24, 2.45) is 5.11 Å². The first-order valence-corrected chi connectivity index (χ1v) is 20.6. The van der Waals surface area contributed by atoms with Crippen LogP contribution in [-0.2, 0) is 42.9 Å². The average molecular weight is 891 g/mol.